The predicted molar refractivity (Wildman–Crippen MR) is 83.7 cm³/mol. The van der Waals surface area contributed by atoms with Crippen LogP contribution in [0.5, 0.6) is 5.75 Å². The zero-order valence-electron chi connectivity index (χ0n) is 12.4. The Kier molecular flexibility index (Phi) is 3.90. The fourth-order valence-corrected chi connectivity index (χ4v) is 2.20. The summed E-state index contributed by atoms with van der Waals surface area (Å²) in [5.41, 5.74) is 1.10. The summed E-state index contributed by atoms with van der Waals surface area (Å²) in [6.45, 7) is 2.58. The van der Waals surface area contributed by atoms with Gasteiger partial charge in [-0.2, -0.15) is 0 Å². The minimum Gasteiger partial charge on any atom is -0.496 e. The largest absolute Gasteiger partial charge is 0.496 e. The van der Waals surface area contributed by atoms with Crippen LogP contribution in [0.1, 0.15) is 24.2 Å². The summed E-state index contributed by atoms with van der Waals surface area (Å²) < 4.78 is 5.36. The Morgan fingerprint density at radius 3 is 2.71 bits per heavy atom. The molecule has 1 fully saturated rings. The van der Waals surface area contributed by atoms with E-state index in [0.717, 1.165) is 28.8 Å². The van der Waals surface area contributed by atoms with Gasteiger partial charge in [-0.15, -0.1) is 0 Å². The quantitative estimate of drug-likeness (QED) is 0.854. The van der Waals surface area contributed by atoms with Gasteiger partial charge in [0.1, 0.15) is 23.2 Å². The first kappa shape index (κ1) is 13.7. The number of aromatic nitrogens is 2. The number of methoxy groups -OCH3 is 1. The molecule has 1 aliphatic rings. The third kappa shape index (κ3) is 3.62. The summed E-state index contributed by atoms with van der Waals surface area (Å²) in [6.07, 6.45) is 2.46. The highest BCUT2D eigenvalue weighted by Gasteiger charge is 2.21. The van der Waals surface area contributed by atoms with E-state index in [1.165, 1.54) is 12.8 Å². The first-order valence-corrected chi connectivity index (χ1v) is 7.22. The van der Waals surface area contributed by atoms with Gasteiger partial charge in [0.25, 0.3) is 0 Å². The Labute approximate surface area is 124 Å². The highest BCUT2D eigenvalue weighted by Crippen LogP contribution is 2.25. The van der Waals surface area contributed by atoms with Crippen molar-refractivity contribution in [1.29, 1.82) is 0 Å². The molecule has 0 bridgehead atoms. The topological polar surface area (TPSA) is 59.1 Å². The number of hydrogen-bond donors (Lipinski definition) is 2. The van der Waals surface area contributed by atoms with Crippen molar-refractivity contribution in [3.63, 3.8) is 0 Å². The molecule has 1 aromatic carbocycles. The number of nitrogens with one attached hydrogen (secondary N) is 2. The second-order valence-corrected chi connectivity index (χ2v) is 5.27. The van der Waals surface area contributed by atoms with Crippen LogP contribution < -0.4 is 15.4 Å². The van der Waals surface area contributed by atoms with E-state index in [-0.39, 0.29) is 0 Å². The summed E-state index contributed by atoms with van der Waals surface area (Å²) in [5.74, 6) is 3.37. The van der Waals surface area contributed by atoms with Gasteiger partial charge in [0, 0.05) is 24.2 Å². The molecule has 0 saturated heterocycles. The number of anilines is 2. The number of hydrogen-bond acceptors (Lipinski definition) is 5. The van der Waals surface area contributed by atoms with E-state index in [0.29, 0.717) is 12.6 Å². The molecule has 0 unspecified atom stereocenters. The molecule has 5 nitrogen and oxygen atoms in total. The van der Waals surface area contributed by atoms with Crippen molar-refractivity contribution in [3.8, 4) is 5.75 Å². The van der Waals surface area contributed by atoms with E-state index < -0.39 is 0 Å². The van der Waals surface area contributed by atoms with Gasteiger partial charge in [-0.25, -0.2) is 9.97 Å². The minimum atomic E-state index is 0.585. The van der Waals surface area contributed by atoms with E-state index in [4.69, 9.17) is 4.74 Å². The monoisotopic (exact) mass is 284 g/mol. The molecule has 1 saturated carbocycles. The second kappa shape index (κ2) is 5.99. The Morgan fingerprint density at radius 1 is 1.19 bits per heavy atom. The van der Waals surface area contributed by atoms with Gasteiger partial charge in [-0.3, -0.25) is 0 Å². The number of benzene rings is 1. The van der Waals surface area contributed by atoms with Crippen molar-refractivity contribution >= 4 is 11.6 Å². The van der Waals surface area contributed by atoms with Gasteiger partial charge < -0.3 is 15.4 Å². The lowest BCUT2D eigenvalue weighted by atomic mass is 10.2. The molecule has 110 valence electrons. The average Bonchev–Trinajstić information content (AvgIpc) is 3.29. The van der Waals surface area contributed by atoms with Gasteiger partial charge in [-0.1, -0.05) is 18.2 Å². The summed E-state index contributed by atoms with van der Waals surface area (Å²) >= 11 is 0. The highest BCUT2D eigenvalue weighted by molar-refractivity contribution is 5.49. The maximum absolute atomic E-state index is 5.36. The van der Waals surface area contributed by atoms with Crippen molar-refractivity contribution in [1.82, 2.24) is 9.97 Å². The Hall–Kier alpha value is -2.30. The molecule has 0 radical (unpaired) electrons. The fourth-order valence-electron chi connectivity index (χ4n) is 2.20. The van der Waals surface area contributed by atoms with E-state index in [9.17, 15) is 0 Å². The maximum atomic E-state index is 5.36. The average molecular weight is 284 g/mol. The normalized spacial score (nSPS) is 13.8. The van der Waals surface area contributed by atoms with E-state index >= 15 is 0 Å². The van der Waals surface area contributed by atoms with Crippen LogP contribution in [0.2, 0.25) is 0 Å². The highest BCUT2D eigenvalue weighted by atomic mass is 16.5. The molecule has 1 aliphatic carbocycles. The molecule has 5 heteroatoms. The van der Waals surface area contributed by atoms with Gasteiger partial charge in [0.2, 0.25) is 0 Å². The van der Waals surface area contributed by atoms with Crippen LogP contribution >= 0.6 is 0 Å². The zero-order chi connectivity index (χ0) is 14.7. The Bertz CT molecular complexity index is 625. The van der Waals surface area contributed by atoms with Crippen LogP contribution in [-0.2, 0) is 6.54 Å². The van der Waals surface area contributed by atoms with Crippen molar-refractivity contribution < 1.29 is 4.74 Å². The fraction of sp³-hybridized carbons (Fsp3) is 0.375. The summed E-state index contributed by atoms with van der Waals surface area (Å²) in [5, 5.41) is 6.74. The summed E-state index contributed by atoms with van der Waals surface area (Å²) in [6, 6.07) is 10.5. The molecular formula is C16H20N4O. The lowest BCUT2D eigenvalue weighted by molar-refractivity contribution is 0.410. The zero-order valence-corrected chi connectivity index (χ0v) is 12.4. The van der Waals surface area contributed by atoms with Crippen molar-refractivity contribution in [3.05, 3.63) is 41.7 Å². The van der Waals surface area contributed by atoms with Gasteiger partial charge >= 0.3 is 0 Å². The van der Waals surface area contributed by atoms with E-state index in [2.05, 4.69) is 20.6 Å². The van der Waals surface area contributed by atoms with E-state index in [1.54, 1.807) is 7.11 Å². The third-order valence-electron chi connectivity index (χ3n) is 3.42. The maximum Gasteiger partial charge on any atom is 0.132 e. The molecular weight excluding hydrogens is 264 g/mol. The standard InChI is InChI=1S/C16H20N4O/c1-11-18-15(9-16(19-11)20-13-7-8-13)17-10-12-5-3-4-6-14(12)21-2/h3-6,9,13H,7-8,10H2,1-2H3,(H2,17,18,19,20). The summed E-state index contributed by atoms with van der Waals surface area (Å²) in [4.78, 5) is 8.84. The molecule has 1 aromatic heterocycles. The van der Waals surface area contributed by atoms with Crippen molar-refractivity contribution in [2.45, 2.75) is 32.4 Å². The van der Waals surface area contributed by atoms with Crippen LogP contribution in [0.4, 0.5) is 11.6 Å². The van der Waals surface area contributed by atoms with Crippen molar-refractivity contribution in [2.75, 3.05) is 17.7 Å². The van der Waals surface area contributed by atoms with Gasteiger partial charge in [0.15, 0.2) is 0 Å². The van der Waals surface area contributed by atoms with Crippen LogP contribution in [-0.4, -0.2) is 23.1 Å². The molecule has 0 amide bonds. The molecule has 0 atom stereocenters. The number of nitrogens with zero attached hydrogens (tertiary/aromatic N) is 2. The first-order chi connectivity index (χ1) is 10.2. The Balaban J connectivity index is 1.70. The van der Waals surface area contributed by atoms with Crippen LogP contribution in [0.15, 0.2) is 30.3 Å². The number of para-hydroxylation sites is 1. The van der Waals surface area contributed by atoms with Crippen LogP contribution in [0.3, 0.4) is 0 Å². The lowest BCUT2D eigenvalue weighted by Crippen LogP contribution is -2.08. The lowest BCUT2D eigenvalue weighted by Gasteiger charge is -2.11. The number of aryl methyl sites for hydroxylation is 1. The van der Waals surface area contributed by atoms with Crippen molar-refractivity contribution in [2.24, 2.45) is 0 Å². The van der Waals surface area contributed by atoms with Gasteiger partial charge in [-0.05, 0) is 25.8 Å². The van der Waals surface area contributed by atoms with Gasteiger partial charge in [0.05, 0.1) is 7.11 Å². The predicted octanol–water partition coefficient (Wildman–Crippen LogP) is 2.98. The molecule has 1 heterocycles. The van der Waals surface area contributed by atoms with E-state index in [1.807, 2.05) is 37.3 Å². The smallest absolute Gasteiger partial charge is 0.132 e. The molecule has 2 N–H and O–H groups in total. The number of rotatable bonds is 6. The molecule has 0 aliphatic heterocycles. The first-order valence-electron chi connectivity index (χ1n) is 7.22. The Morgan fingerprint density at radius 2 is 1.95 bits per heavy atom. The molecule has 3 rings (SSSR count). The van der Waals surface area contributed by atoms with Crippen LogP contribution in [0, 0.1) is 6.92 Å². The number of ether oxygens (including phenoxy) is 1. The SMILES string of the molecule is COc1ccccc1CNc1cc(NC2CC2)nc(C)n1. The third-order valence-corrected chi connectivity index (χ3v) is 3.42. The molecule has 2 aromatic rings. The summed E-state index contributed by atoms with van der Waals surface area (Å²) in [7, 11) is 1.69. The molecule has 21 heavy (non-hydrogen) atoms. The minimum absolute atomic E-state index is 0.585. The van der Waals surface area contributed by atoms with Crippen LogP contribution in [0.25, 0.3) is 0 Å². The molecule has 0 spiro atoms. The second-order valence-electron chi connectivity index (χ2n) is 5.27.